The van der Waals surface area contributed by atoms with Crippen molar-refractivity contribution in [3.63, 3.8) is 0 Å². The van der Waals surface area contributed by atoms with Crippen LogP contribution in [0, 0.1) is 6.92 Å². The maximum absolute atomic E-state index is 6.01. The van der Waals surface area contributed by atoms with E-state index >= 15 is 0 Å². The molecule has 2 aromatic rings. The van der Waals surface area contributed by atoms with Gasteiger partial charge in [0.2, 0.25) is 0 Å². The monoisotopic (exact) mass is 322 g/mol. The summed E-state index contributed by atoms with van der Waals surface area (Å²) in [4.78, 5) is 1.12. The molecule has 112 valence electrons. The lowest BCUT2D eigenvalue weighted by atomic mass is 10.0. The summed E-state index contributed by atoms with van der Waals surface area (Å²) in [6.07, 6.45) is 0. The summed E-state index contributed by atoms with van der Waals surface area (Å²) in [6, 6.07) is 13.9. The van der Waals surface area contributed by atoms with E-state index in [0.717, 1.165) is 27.0 Å². The minimum absolute atomic E-state index is 0.00355. The molecule has 0 aliphatic rings. The number of hydrazine groups is 1. The van der Waals surface area contributed by atoms with Gasteiger partial charge >= 0.3 is 0 Å². The molecule has 3 N–H and O–H groups in total. The molecule has 21 heavy (non-hydrogen) atoms. The van der Waals surface area contributed by atoms with E-state index in [0.29, 0.717) is 0 Å². The number of benzene rings is 2. The van der Waals surface area contributed by atoms with Crippen LogP contribution in [-0.4, -0.2) is 12.9 Å². The van der Waals surface area contributed by atoms with Crippen LogP contribution in [0.2, 0.25) is 5.02 Å². The molecule has 0 aliphatic heterocycles. The lowest BCUT2D eigenvalue weighted by Crippen LogP contribution is -2.30. The summed E-state index contributed by atoms with van der Waals surface area (Å²) in [7, 11) is 1.67. The highest BCUT2D eigenvalue weighted by Gasteiger charge is 2.15. The van der Waals surface area contributed by atoms with E-state index in [1.165, 1.54) is 5.56 Å². The van der Waals surface area contributed by atoms with Crippen LogP contribution in [0.15, 0.2) is 47.4 Å². The highest BCUT2D eigenvalue weighted by atomic mass is 35.5. The van der Waals surface area contributed by atoms with Crippen LogP contribution < -0.4 is 16.0 Å². The lowest BCUT2D eigenvalue weighted by Gasteiger charge is -2.19. The molecular formula is C16H19ClN2OS. The Morgan fingerprint density at radius 2 is 2.10 bits per heavy atom. The Labute approximate surface area is 134 Å². The average molecular weight is 323 g/mol. The molecule has 5 heteroatoms. The Balaban J connectivity index is 2.15. The van der Waals surface area contributed by atoms with Crippen LogP contribution in [0.25, 0.3) is 0 Å². The number of nitrogens with one attached hydrogen (secondary N) is 1. The molecule has 0 fully saturated rings. The Morgan fingerprint density at radius 1 is 1.29 bits per heavy atom. The third-order valence-electron chi connectivity index (χ3n) is 3.17. The van der Waals surface area contributed by atoms with Crippen molar-refractivity contribution in [2.45, 2.75) is 17.9 Å². The molecule has 2 aromatic carbocycles. The molecule has 2 rings (SSSR count). The lowest BCUT2D eigenvalue weighted by molar-refractivity contribution is 0.402. The maximum atomic E-state index is 6.01. The summed E-state index contributed by atoms with van der Waals surface area (Å²) in [5, 5.41) is 0.741. The second kappa shape index (κ2) is 7.71. The Bertz CT molecular complexity index is 607. The molecule has 1 atom stereocenters. The quantitative estimate of drug-likeness (QED) is 0.480. The van der Waals surface area contributed by atoms with Gasteiger partial charge in [0.05, 0.1) is 13.2 Å². The van der Waals surface area contributed by atoms with Gasteiger partial charge in [0, 0.05) is 21.2 Å². The number of nitrogens with two attached hydrogens (primary N) is 1. The minimum Gasteiger partial charge on any atom is -0.496 e. The van der Waals surface area contributed by atoms with Gasteiger partial charge in [-0.2, -0.15) is 0 Å². The normalized spacial score (nSPS) is 12.2. The van der Waals surface area contributed by atoms with Crippen molar-refractivity contribution in [1.29, 1.82) is 0 Å². The van der Waals surface area contributed by atoms with E-state index in [1.807, 2.05) is 36.4 Å². The van der Waals surface area contributed by atoms with Gasteiger partial charge in [0.25, 0.3) is 0 Å². The fourth-order valence-electron chi connectivity index (χ4n) is 2.09. The smallest absolute Gasteiger partial charge is 0.123 e. The first kappa shape index (κ1) is 16.2. The highest BCUT2D eigenvalue weighted by Crippen LogP contribution is 2.31. The fourth-order valence-corrected chi connectivity index (χ4v) is 3.37. The van der Waals surface area contributed by atoms with Gasteiger partial charge in [-0.05, 0) is 31.2 Å². The molecule has 0 saturated carbocycles. The number of halogens is 1. The van der Waals surface area contributed by atoms with Crippen molar-refractivity contribution >= 4 is 23.4 Å². The first-order valence-electron chi connectivity index (χ1n) is 6.63. The number of ether oxygens (including phenoxy) is 1. The Kier molecular flexibility index (Phi) is 5.94. The van der Waals surface area contributed by atoms with Crippen molar-refractivity contribution < 1.29 is 4.74 Å². The summed E-state index contributed by atoms with van der Waals surface area (Å²) in [5.74, 6) is 7.36. The van der Waals surface area contributed by atoms with Crippen molar-refractivity contribution in [2.24, 2.45) is 5.84 Å². The van der Waals surface area contributed by atoms with Gasteiger partial charge in [0.15, 0.2) is 0 Å². The Morgan fingerprint density at radius 3 is 2.76 bits per heavy atom. The van der Waals surface area contributed by atoms with Crippen molar-refractivity contribution in [2.75, 3.05) is 12.9 Å². The van der Waals surface area contributed by atoms with Crippen molar-refractivity contribution in [1.82, 2.24) is 5.43 Å². The van der Waals surface area contributed by atoms with E-state index in [1.54, 1.807) is 18.9 Å². The molecule has 0 aromatic heterocycles. The fraction of sp³-hybridized carbons (Fsp3) is 0.250. The summed E-state index contributed by atoms with van der Waals surface area (Å²) in [5.41, 5.74) is 5.12. The number of rotatable bonds is 6. The predicted octanol–water partition coefficient (Wildman–Crippen LogP) is 3.95. The number of thioether (sulfide) groups is 1. The van der Waals surface area contributed by atoms with E-state index in [9.17, 15) is 0 Å². The molecule has 0 radical (unpaired) electrons. The second-order valence-electron chi connectivity index (χ2n) is 4.73. The third kappa shape index (κ3) is 4.38. The van der Waals surface area contributed by atoms with Crippen LogP contribution in [0.3, 0.4) is 0 Å². The van der Waals surface area contributed by atoms with E-state index in [-0.39, 0.29) is 6.04 Å². The van der Waals surface area contributed by atoms with Gasteiger partial charge in [-0.3, -0.25) is 11.3 Å². The van der Waals surface area contributed by atoms with Gasteiger partial charge in [-0.1, -0.05) is 35.4 Å². The molecule has 0 spiro atoms. The zero-order chi connectivity index (χ0) is 15.2. The van der Waals surface area contributed by atoms with Crippen LogP contribution in [0.5, 0.6) is 5.75 Å². The summed E-state index contributed by atoms with van der Waals surface area (Å²) in [6.45, 7) is 2.06. The number of hydrogen-bond donors (Lipinski definition) is 2. The second-order valence-corrected chi connectivity index (χ2v) is 6.26. The number of aryl methyl sites for hydroxylation is 1. The van der Waals surface area contributed by atoms with E-state index in [4.69, 9.17) is 22.2 Å². The molecule has 0 bridgehead atoms. The highest BCUT2D eigenvalue weighted by molar-refractivity contribution is 7.99. The van der Waals surface area contributed by atoms with E-state index in [2.05, 4.69) is 18.4 Å². The van der Waals surface area contributed by atoms with Crippen LogP contribution in [0.1, 0.15) is 17.2 Å². The van der Waals surface area contributed by atoms with Gasteiger partial charge < -0.3 is 4.74 Å². The number of methoxy groups -OCH3 is 1. The van der Waals surface area contributed by atoms with Crippen molar-refractivity contribution in [3.8, 4) is 5.75 Å². The first-order chi connectivity index (χ1) is 10.1. The molecular weight excluding hydrogens is 304 g/mol. The predicted molar refractivity (Wildman–Crippen MR) is 90.0 cm³/mol. The topological polar surface area (TPSA) is 47.3 Å². The summed E-state index contributed by atoms with van der Waals surface area (Å²) >= 11 is 7.71. The third-order valence-corrected chi connectivity index (χ3v) is 4.50. The molecule has 3 nitrogen and oxygen atoms in total. The van der Waals surface area contributed by atoms with Gasteiger partial charge in [-0.25, -0.2) is 0 Å². The zero-order valence-electron chi connectivity index (χ0n) is 12.1. The van der Waals surface area contributed by atoms with Crippen molar-refractivity contribution in [3.05, 3.63) is 58.6 Å². The van der Waals surface area contributed by atoms with Crippen LogP contribution in [-0.2, 0) is 0 Å². The van der Waals surface area contributed by atoms with E-state index < -0.39 is 0 Å². The standard InChI is InChI=1S/C16H19ClN2OS/c1-11-6-7-16(20-2)14(8-11)15(19-18)10-21-13-5-3-4-12(17)9-13/h3-9,15,19H,10,18H2,1-2H3. The first-order valence-corrected chi connectivity index (χ1v) is 7.99. The molecule has 1 unspecified atom stereocenters. The minimum atomic E-state index is 0.00355. The zero-order valence-corrected chi connectivity index (χ0v) is 13.7. The Hall–Kier alpha value is -1.20. The SMILES string of the molecule is COc1ccc(C)cc1C(CSc1cccc(Cl)c1)NN. The van der Waals surface area contributed by atoms with Crippen LogP contribution in [0.4, 0.5) is 0 Å². The van der Waals surface area contributed by atoms with Gasteiger partial charge in [0.1, 0.15) is 5.75 Å². The van der Waals surface area contributed by atoms with Crippen LogP contribution >= 0.6 is 23.4 Å². The molecule has 0 aliphatic carbocycles. The largest absolute Gasteiger partial charge is 0.496 e. The average Bonchev–Trinajstić information content (AvgIpc) is 2.48. The maximum Gasteiger partial charge on any atom is 0.123 e. The summed E-state index contributed by atoms with van der Waals surface area (Å²) < 4.78 is 5.43. The molecule has 0 saturated heterocycles. The van der Waals surface area contributed by atoms with Gasteiger partial charge in [-0.15, -0.1) is 11.8 Å². The molecule has 0 amide bonds. The molecule has 0 heterocycles. The number of hydrogen-bond acceptors (Lipinski definition) is 4.